The van der Waals surface area contributed by atoms with Crippen LogP contribution in [-0.4, -0.2) is 98.1 Å². The average Bonchev–Trinajstić information content (AvgIpc) is 3.32. The Hall–Kier alpha value is -1.34. The maximum atomic E-state index is 12.6. The molecule has 7 nitrogen and oxygen atoms in total. The number of carbonyl (C=O) groups excluding carboxylic acids is 1. The molecule has 2 rings (SSSR count). The third-order valence-corrected chi connectivity index (χ3v) is 6.81. The van der Waals surface area contributed by atoms with Crippen LogP contribution >= 0.6 is 0 Å². The Morgan fingerprint density at radius 1 is 1.10 bits per heavy atom. The molecule has 0 aromatic carbocycles. The van der Waals surface area contributed by atoms with Crippen molar-refractivity contribution in [2.75, 3.05) is 65.4 Å². The lowest BCUT2D eigenvalue weighted by atomic mass is 10.1. The molecule has 2 fully saturated rings. The van der Waals surface area contributed by atoms with Gasteiger partial charge in [-0.2, -0.15) is 0 Å². The van der Waals surface area contributed by atoms with Crippen molar-refractivity contribution in [3.05, 3.63) is 0 Å². The van der Waals surface area contributed by atoms with Crippen LogP contribution in [-0.2, 0) is 4.79 Å². The summed E-state index contributed by atoms with van der Waals surface area (Å²) >= 11 is 0. The minimum Gasteiger partial charge on any atom is -0.357 e. The number of amides is 1. The summed E-state index contributed by atoms with van der Waals surface area (Å²) < 4.78 is 0. The number of aliphatic imine (C=N–C) groups is 1. The van der Waals surface area contributed by atoms with Crippen LogP contribution < -0.4 is 10.6 Å². The van der Waals surface area contributed by atoms with Gasteiger partial charge >= 0.3 is 0 Å². The molecule has 1 heterocycles. The van der Waals surface area contributed by atoms with Gasteiger partial charge in [0.1, 0.15) is 0 Å². The molecular formula is C24H48N6O. The predicted molar refractivity (Wildman–Crippen MR) is 131 cm³/mol. The Bertz CT molecular complexity index is 522. The number of hydrogen-bond acceptors (Lipinski definition) is 4. The zero-order valence-electron chi connectivity index (χ0n) is 20.7. The second kappa shape index (κ2) is 14.7. The van der Waals surface area contributed by atoms with Crippen molar-refractivity contribution in [1.82, 2.24) is 25.3 Å². The molecule has 1 saturated carbocycles. The number of carbonyl (C=O) groups is 1. The summed E-state index contributed by atoms with van der Waals surface area (Å²) in [4.78, 5) is 24.4. The van der Waals surface area contributed by atoms with Crippen molar-refractivity contribution < 1.29 is 4.79 Å². The Balaban J connectivity index is 1.66. The fourth-order valence-corrected chi connectivity index (χ4v) is 4.71. The zero-order chi connectivity index (χ0) is 22.5. The fraction of sp³-hybridized carbons (Fsp3) is 0.917. The SMILES string of the molecule is CCNC(=NCCN1CCN(C(=O)C2CCCC2)CC1)NC(C)CCCN(CC)CC. The van der Waals surface area contributed by atoms with Crippen LogP contribution in [0, 0.1) is 5.92 Å². The largest absolute Gasteiger partial charge is 0.357 e. The van der Waals surface area contributed by atoms with Gasteiger partial charge < -0.3 is 20.4 Å². The lowest BCUT2D eigenvalue weighted by Crippen LogP contribution is -2.50. The number of nitrogens with zero attached hydrogens (tertiary/aromatic N) is 4. The first-order chi connectivity index (χ1) is 15.1. The Morgan fingerprint density at radius 3 is 2.39 bits per heavy atom. The third-order valence-electron chi connectivity index (χ3n) is 6.81. The van der Waals surface area contributed by atoms with Gasteiger partial charge in [0.15, 0.2) is 5.96 Å². The molecule has 7 heteroatoms. The van der Waals surface area contributed by atoms with Crippen molar-refractivity contribution in [3.63, 3.8) is 0 Å². The molecule has 180 valence electrons. The van der Waals surface area contributed by atoms with Crippen molar-refractivity contribution >= 4 is 11.9 Å². The van der Waals surface area contributed by atoms with Crippen LogP contribution in [0.15, 0.2) is 4.99 Å². The molecule has 1 aliphatic heterocycles. The minimum atomic E-state index is 0.305. The maximum absolute atomic E-state index is 12.6. The number of hydrogen-bond donors (Lipinski definition) is 2. The van der Waals surface area contributed by atoms with Crippen LogP contribution in [0.2, 0.25) is 0 Å². The number of rotatable bonds is 12. The van der Waals surface area contributed by atoms with Crippen LogP contribution in [0.5, 0.6) is 0 Å². The van der Waals surface area contributed by atoms with Crippen LogP contribution in [0.25, 0.3) is 0 Å². The third kappa shape index (κ3) is 9.36. The highest BCUT2D eigenvalue weighted by Gasteiger charge is 2.29. The second-order valence-electron chi connectivity index (χ2n) is 9.12. The van der Waals surface area contributed by atoms with Gasteiger partial charge in [-0.05, 0) is 59.2 Å². The van der Waals surface area contributed by atoms with E-state index in [2.05, 4.69) is 53.0 Å². The molecule has 0 bridgehead atoms. The Labute approximate surface area is 191 Å². The van der Waals surface area contributed by atoms with Gasteiger partial charge in [-0.25, -0.2) is 0 Å². The molecule has 31 heavy (non-hydrogen) atoms. The summed E-state index contributed by atoms with van der Waals surface area (Å²) in [5.74, 6) is 1.63. The molecular weight excluding hydrogens is 388 g/mol. The van der Waals surface area contributed by atoms with Gasteiger partial charge in [0.25, 0.3) is 0 Å². The molecule has 0 aromatic heterocycles. The Kier molecular flexibility index (Phi) is 12.3. The standard InChI is InChI=1S/C24H48N6O/c1-5-25-24(27-21(4)11-10-15-28(6-2)7-3)26-14-16-29-17-19-30(20-18-29)23(31)22-12-8-9-13-22/h21-22H,5-20H2,1-4H3,(H2,25,26,27). The molecule has 2 aliphatic rings. The first kappa shape index (κ1) is 25.9. The smallest absolute Gasteiger partial charge is 0.225 e. The molecule has 0 aromatic rings. The maximum Gasteiger partial charge on any atom is 0.225 e. The molecule has 0 spiro atoms. The highest BCUT2D eigenvalue weighted by Crippen LogP contribution is 2.26. The average molecular weight is 437 g/mol. The zero-order valence-corrected chi connectivity index (χ0v) is 20.7. The van der Waals surface area contributed by atoms with Gasteiger partial charge in [-0.1, -0.05) is 26.7 Å². The first-order valence-corrected chi connectivity index (χ1v) is 12.9. The molecule has 2 N–H and O–H groups in total. The highest BCUT2D eigenvalue weighted by atomic mass is 16.2. The minimum absolute atomic E-state index is 0.305. The topological polar surface area (TPSA) is 63.2 Å². The molecule has 0 radical (unpaired) electrons. The molecule has 1 amide bonds. The quantitative estimate of drug-likeness (QED) is 0.363. The first-order valence-electron chi connectivity index (χ1n) is 12.9. The summed E-state index contributed by atoms with van der Waals surface area (Å²) in [5, 5.41) is 6.95. The van der Waals surface area contributed by atoms with E-state index in [0.717, 1.165) is 84.1 Å². The van der Waals surface area contributed by atoms with Crippen molar-refractivity contribution in [2.45, 2.75) is 72.3 Å². The van der Waals surface area contributed by atoms with E-state index in [1.807, 2.05) is 0 Å². The summed E-state index contributed by atoms with van der Waals surface area (Å²) in [6.07, 6.45) is 7.01. The normalized spacial score (nSPS) is 19.8. The second-order valence-corrected chi connectivity index (χ2v) is 9.12. The number of piperazine rings is 1. The molecule has 1 unspecified atom stereocenters. The van der Waals surface area contributed by atoms with Crippen LogP contribution in [0.3, 0.4) is 0 Å². The van der Waals surface area contributed by atoms with E-state index in [1.54, 1.807) is 0 Å². The van der Waals surface area contributed by atoms with Gasteiger partial charge in [0.2, 0.25) is 5.91 Å². The van der Waals surface area contributed by atoms with Crippen molar-refractivity contribution in [2.24, 2.45) is 10.9 Å². The van der Waals surface area contributed by atoms with E-state index >= 15 is 0 Å². The Morgan fingerprint density at radius 2 is 1.77 bits per heavy atom. The predicted octanol–water partition coefficient (Wildman–Crippen LogP) is 2.39. The summed E-state index contributed by atoms with van der Waals surface area (Å²) in [7, 11) is 0. The van der Waals surface area contributed by atoms with E-state index < -0.39 is 0 Å². The van der Waals surface area contributed by atoms with Gasteiger partial charge in [-0.15, -0.1) is 0 Å². The van der Waals surface area contributed by atoms with Crippen LogP contribution in [0.4, 0.5) is 0 Å². The van der Waals surface area contributed by atoms with Crippen molar-refractivity contribution in [1.29, 1.82) is 0 Å². The van der Waals surface area contributed by atoms with Gasteiger partial charge in [0, 0.05) is 51.2 Å². The molecule has 1 atom stereocenters. The van der Waals surface area contributed by atoms with Crippen LogP contribution in [0.1, 0.15) is 66.2 Å². The lowest BCUT2D eigenvalue weighted by molar-refractivity contribution is -0.137. The fourth-order valence-electron chi connectivity index (χ4n) is 4.71. The summed E-state index contributed by atoms with van der Waals surface area (Å²) in [6.45, 7) is 18.6. The summed E-state index contributed by atoms with van der Waals surface area (Å²) in [5.41, 5.74) is 0. The molecule has 1 aliphatic carbocycles. The van der Waals surface area contributed by atoms with E-state index in [-0.39, 0.29) is 0 Å². The molecule has 1 saturated heterocycles. The summed E-state index contributed by atoms with van der Waals surface area (Å²) in [6, 6.07) is 0.415. The van der Waals surface area contributed by atoms with E-state index in [1.165, 1.54) is 25.8 Å². The number of nitrogens with one attached hydrogen (secondary N) is 2. The van der Waals surface area contributed by atoms with Gasteiger partial charge in [0.05, 0.1) is 6.54 Å². The van der Waals surface area contributed by atoms with Gasteiger partial charge in [-0.3, -0.25) is 14.7 Å². The highest BCUT2D eigenvalue weighted by molar-refractivity contribution is 5.80. The number of guanidine groups is 1. The van der Waals surface area contributed by atoms with E-state index in [9.17, 15) is 4.79 Å². The van der Waals surface area contributed by atoms with E-state index in [0.29, 0.717) is 17.9 Å². The van der Waals surface area contributed by atoms with Crippen molar-refractivity contribution in [3.8, 4) is 0 Å². The lowest BCUT2D eigenvalue weighted by Gasteiger charge is -2.35. The van der Waals surface area contributed by atoms with E-state index in [4.69, 9.17) is 4.99 Å². The monoisotopic (exact) mass is 436 g/mol.